The monoisotopic (exact) mass is 388 g/mol. The third kappa shape index (κ3) is 5.82. The normalized spacial score (nSPS) is 10.3. The number of aryl methyl sites for hydroxylation is 3. The molecule has 142 valence electrons. The number of carbonyl (C=O) groups excluding carboxylic acids is 2. The molecule has 1 amide bonds. The smallest absolute Gasteiger partial charge is 0.316 e. The van der Waals surface area contributed by atoms with E-state index in [-0.39, 0.29) is 17.1 Å². The number of hydrogen-bond acceptors (Lipinski definition) is 6. The second-order valence-electron chi connectivity index (χ2n) is 5.99. The van der Waals surface area contributed by atoms with Gasteiger partial charge >= 0.3 is 5.97 Å². The van der Waals surface area contributed by atoms with Crippen LogP contribution in [0.1, 0.15) is 16.7 Å². The van der Waals surface area contributed by atoms with Gasteiger partial charge in [-0.05, 0) is 38.0 Å². The maximum absolute atomic E-state index is 12.0. The lowest BCUT2D eigenvalue weighted by Gasteiger charge is -2.10. The Kier molecular flexibility index (Phi) is 6.95. The molecule has 0 aliphatic rings. The number of rotatable bonds is 7. The van der Waals surface area contributed by atoms with Crippen molar-refractivity contribution in [3.8, 4) is 0 Å². The Balaban J connectivity index is 1.88. The lowest BCUT2D eigenvalue weighted by Crippen LogP contribution is -2.22. The topological polar surface area (TPSA) is 98.5 Å². The Bertz CT molecular complexity index is 882. The number of amides is 1. The van der Waals surface area contributed by atoms with E-state index in [4.69, 9.17) is 4.74 Å². The third-order valence-corrected chi connectivity index (χ3v) is 4.90. The number of nitro benzene ring substituents is 1. The van der Waals surface area contributed by atoms with Crippen molar-refractivity contribution in [1.82, 2.24) is 0 Å². The van der Waals surface area contributed by atoms with Crippen molar-refractivity contribution < 1.29 is 19.2 Å². The second-order valence-corrected chi connectivity index (χ2v) is 7.01. The van der Waals surface area contributed by atoms with E-state index in [9.17, 15) is 19.7 Å². The number of benzene rings is 2. The first kappa shape index (κ1) is 20.4. The zero-order valence-electron chi connectivity index (χ0n) is 15.3. The molecule has 0 bridgehead atoms. The zero-order chi connectivity index (χ0) is 20.0. The van der Waals surface area contributed by atoms with E-state index in [0.717, 1.165) is 16.0 Å². The molecular formula is C19H20N2O5S. The molecular weight excluding hydrogens is 368 g/mol. The number of hydrogen-bond donors (Lipinski definition) is 1. The van der Waals surface area contributed by atoms with Crippen LogP contribution in [0.25, 0.3) is 0 Å². The highest BCUT2D eigenvalue weighted by atomic mass is 32.2. The maximum atomic E-state index is 12.0. The standard InChI is InChI=1S/C19H20N2O5S/c1-12-7-8-13(2)16(9-12)27-11-18(23)26-10-17(22)20-19-14(3)5-4-6-15(19)21(24)25/h4-9H,10-11H2,1-3H3,(H,20,22). The Morgan fingerprint density at radius 1 is 1.15 bits per heavy atom. The van der Waals surface area contributed by atoms with Gasteiger partial charge in [-0.25, -0.2) is 0 Å². The highest BCUT2D eigenvalue weighted by molar-refractivity contribution is 8.00. The molecule has 2 rings (SSSR count). The van der Waals surface area contributed by atoms with Gasteiger partial charge in [0, 0.05) is 11.0 Å². The summed E-state index contributed by atoms with van der Waals surface area (Å²) in [5, 5.41) is 13.5. The van der Waals surface area contributed by atoms with Gasteiger partial charge in [0.15, 0.2) is 6.61 Å². The maximum Gasteiger partial charge on any atom is 0.316 e. The first-order chi connectivity index (χ1) is 12.8. The van der Waals surface area contributed by atoms with E-state index >= 15 is 0 Å². The summed E-state index contributed by atoms with van der Waals surface area (Å²) in [6, 6.07) is 10.4. The molecule has 0 saturated heterocycles. The summed E-state index contributed by atoms with van der Waals surface area (Å²) in [7, 11) is 0. The lowest BCUT2D eigenvalue weighted by atomic mass is 10.1. The van der Waals surface area contributed by atoms with Crippen LogP contribution in [0, 0.1) is 30.9 Å². The Labute approximate surface area is 161 Å². The molecule has 2 aromatic carbocycles. The van der Waals surface area contributed by atoms with Crippen molar-refractivity contribution in [1.29, 1.82) is 0 Å². The van der Waals surface area contributed by atoms with Crippen molar-refractivity contribution in [2.24, 2.45) is 0 Å². The molecule has 0 aliphatic heterocycles. The zero-order valence-corrected chi connectivity index (χ0v) is 16.1. The minimum absolute atomic E-state index is 0.0715. The molecule has 0 unspecified atom stereocenters. The van der Waals surface area contributed by atoms with Crippen LogP contribution in [0.15, 0.2) is 41.3 Å². The van der Waals surface area contributed by atoms with Gasteiger partial charge in [-0.1, -0.05) is 29.8 Å². The highest BCUT2D eigenvalue weighted by Crippen LogP contribution is 2.27. The number of esters is 1. The average molecular weight is 388 g/mol. The van der Waals surface area contributed by atoms with Gasteiger partial charge in [-0.3, -0.25) is 19.7 Å². The van der Waals surface area contributed by atoms with Gasteiger partial charge < -0.3 is 10.1 Å². The second kappa shape index (κ2) is 9.18. The summed E-state index contributed by atoms with van der Waals surface area (Å²) < 4.78 is 4.97. The number of nitrogens with zero attached hydrogens (tertiary/aromatic N) is 1. The van der Waals surface area contributed by atoms with Crippen LogP contribution in [-0.4, -0.2) is 29.2 Å². The quantitative estimate of drug-likeness (QED) is 0.335. The molecule has 0 saturated carbocycles. The van der Waals surface area contributed by atoms with Crippen molar-refractivity contribution in [2.75, 3.05) is 17.7 Å². The van der Waals surface area contributed by atoms with E-state index in [2.05, 4.69) is 5.32 Å². The predicted octanol–water partition coefficient (Wildman–Crippen LogP) is 3.79. The van der Waals surface area contributed by atoms with Crippen molar-refractivity contribution >= 4 is 35.0 Å². The van der Waals surface area contributed by atoms with Crippen molar-refractivity contribution in [2.45, 2.75) is 25.7 Å². The minimum Gasteiger partial charge on any atom is -0.455 e. The predicted molar refractivity (Wildman–Crippen MR) is 104 cm³/mol. The first-order valence-corrected chi connectivity index (χ1v) is 9.16. The van der Waals surface area contributed by atoms with Gasteiger partial charge in [0.1, 0.15) is 5.69 Å². The van der Waals surface area contributed by atoms with Crippen LogP contribution in [0.4, 0.5) is 11.4 Å². The minimum atomic E-state index is -0.627. The fourth-order valence-electron chi connectivity index (χ4n) is 2.33. The molecule has 0 spiro atoms. The third-order valence-electron chi connectivity index (χ3n) is 3.77. The Hall–Kier alpha value is -2.87. The van der Waals surface area contributed by atoms with E-state index in [1.807, 2.05) is 32.0 Å². The van der Waals surface area contributed by atoms with E-state index < -0.39 is 23.4 Å². The molecule has 0 fully saturated rings. The molecule has 1 N–H and O–H groups in total. The number of anilines is 1. The molecule has 0 atom stereocenters. The van der Waals surface area contributed by atoms with Gasteiger partial charge in [0.05, 0.1) is 10.7 Å². The molecule has 0 heterocycles. The van der Waals surface area contributed by atoms with Gasteiger partial charge in [0.25, 0.3) is 11.6 Å². The van der Waals surface area contributed by atoms with Crippen LogP contribution in [-0.2, 0) is 14.3 Å². The fourth-order valence-corrected chi connectivity index (χ4v) is 3.25. The van der Waals surface area contributed by atoms with Crippen LogP contribution in [0.5, 0.6) is 0 Å². The van der Waals surface area contributed by atoms with E-state index in [1.165, 1.54) is 23.9 Å². The van der Waals surface area contributed by atoms with Crippen LogP contribution in [0.3, 0.4) is 0 Å². The molecule has 2 aromatic rings. The Morgan fingerprint density at radius 3 is 2.59 bits per heavy atom. The summed E-state index contributed by atoms with van der Waals surface area (Å²) >= 11 is 1.34. The average Bonchev–Trinajstić information content (AvgIpc) is 2.62. The van der Waals surface area contributed by atoms with Crippen molar-refractivity contribution in [3.63, 3.8) is 0 Å². The molecule has 0 aliphatic carbocycles. The lowest BCUT2D eigenvalue weighted by molar-refractivity contribution is -0.384. The number of thioether (sulfide) groups is 1. The highest BCUT2D eigenvalue weighted by Gasteiger charge is 2.18. The summed E-state index contributed by atoms with van der Waals surface area (Å²) in [4.78, 5) is 35.3. The van der Waals surface area contributed by atoms with E-state index in [1.54, 1.807) is 13.0 Å². The number of ether oxygens (including phenoxy) is 1. The molecule has 0 radical (unpaired) electrons. The number of carbonyl (C=O) groups is 2. The van der Waals surface area contributed by atoms with Crippen LogP contribution in [0.2, 0.25) is 0 Å². The number of nitro groups is 1. The molecule has 7 nitrogen and oxygen atoms in total. The van der Waals surface area contributed by atoms with Crippen LogP contribution < -0.4 is 5.32 Å². The largest absolute Gasteiger partial charge is 0.455 e. The number of para-hydroxylation sites is 1. The van der Waals surface area contributed by atoms with Crippen LogP contribution >= 0.6 is 11.8 Å². The van der Waals surface area contributed by atoms with E-state index in [0.29, 0.717) is 5.56 Å². The van der Waals surface area contributed by atoms with Gasteiger partial charge in [-0.15, -0.1) is 11.8 Å². The molecule has 8 heteroatoms. The number of nitrogens with one attached hydrogen (secondary N) is 1. The molecule has 27 heavy (non-hydrogen) atoms. The Morgan fingerprint density at radius 2 is 1.89 bits per heavy atom. The summed E-state index contributed by atoms with van der Waals surface area (Å²) in [5.74, 6) is -1.09. The van der Waals surface area contributed by atoms with Gasteiger partial charge in [-0.2, -0.15) is 0 Å². The summed E-state index contributed by atoms with van der Waals surface area (Å²) in [5.41, 5.74) is 2.60. The first-order valence-electron chi connectivity index (χ1n) is 8.17. The summed E-state index contributed by atoms with van der Waals surface area (Å²) in [6.07, 6.45) is 0. The van der Waals surface area contributed by atoms with Crippen molar-refractivity contribution in [3.05, 3.63) is 63.2 Å². The van der Waals surface area contributed by atoms with Gasteiger partial charge in [0.2, 0.25) is 0 Å². The fraction of sp³-hybridized carbons (Fsp3) is 0.263. The molecule has 0 aromatic heterocycles. The SMILES string of the molecule is Cc1ccc(C)c(SCC(=O)OCC(=O)Nc2c(C)cccc2[N+](=O)[O-])c1. The summed E-state index contributed by atoms with van der Waals surface area (Å²) in [6.45, 7) is 5.07.